The van der Waals surface area contributed by atoms with Crippen molar-refractivity contribution in [2.45, 2.75) is 39.0 Å². The zero-order valence-electron chi connectivity index (χ0n) is 14.6. The van der Waals surface area contributed by atoms with Gasteiger partial charge in [0, 0.05) is 12.8 Å². The predicted octanol–water partition coefficient (Wildman–Crippen LogP) is 2.20. The highest BCUT2D eigenvalue weighted by Gasteiger charge is 2.29. The first-order valence-electron chi connectivity index (χ1n) is 8.48. The maximum atomic E-state index is 12.6. The summed E-state index contributed by atoms with van der Waals surface area (Å²) in [4.78, 5) is 20.9. The quantitative estimate of drug-likeness (QED) is 0.902. The summed E-state index contributed by atoms with van der Waals surface area (Å²) in [6.07, 6.45) is 2.24. The molecule has 1 aromatic carbocycles. The van der Waals surface area contributed by atoms with Gasteiger partial charge in [-0.3, -0.25) is 4.79 Å². The van der Waals surface area contributed by atoms with Crippen LogP contribution in [0.15, 0.2) is 36.5 Å². The Kier molecular flexibility index (Phi) is 5.73. The van der Waals surface area contributed by atoms with Crippen molar-refractivity contribution in [1.82, 2.24) is 15.3 Å². The van der Waals surface area contributed by atoms with E-state index >= 15 is 0 Å². The largest absolute Gasteiger partial charge is 0.379 e. The highest BCUT2D eigenvalue weighted by molar-refractivity contribution is 5.95. The van der Waals surface area contributed by atoms with Crippen LogP contribution in [0, 0.1) is 13.8 Å². The number of rotatable bonds is 5. The molecule has 2 atom stereocenters. The van der Waals surface area contributed by atoms with E-state index in [-0.39, 0.29) is 18.1 Å². The Bertz CT molecular complexity index is 721. The number of amides is 1. The van der Waals surface area contributed by atoms with E-state index in [9.17, 15) is 4.79 Å². The lowest BCUT2D eigenvalue weighted by molar-refractivity contribution is -0.0605. The molecule has 25 heavy (non-hydrogen) atoms. The van der Waals surface area contributed by atoms with Crippen LogP contribution in [0.1, 0.15) is 33.9 Å². The van der Waals surface area contributed by atoms with E-state index in [0.717, 1.165) is 12.0 Å². The first-order valence-corrected chi connectivity index (χ1v) is 8.48. The summed E-state index contributed by atoms with van der Waals surface area (Å²) < 4.78 is 11.6. The molecular weight excluding hydrogens is 318 g/mol. The smallest absolute Gasteiger partial charge is 0.255 e. The lowest BCUT2D eigenvalue weighted by Crippen LogP contribution is -2.50. The van der Waals surface area contributed by atoms with Gasteiger partial charge in [-0.15, -0.1) is 0 Å². The van der Waals surface area contributed by atoms with Crippen LogP contribution in [0.5, 0.6) is 0 Å². The summed E-state index contributed by atoms with van der Waals surface area (Å²) in [7, 11) is 0. The number of carbonyl (C=O) groups excluding carboxylic acids is 1. The fraction of sp³-hybridized carbons (Fsp3) is 0.421. The Morgan fingerprint density at radius 2 is 2.12 bits per heavy atom. The molecule has 3 rings (SSSR count). The van der Waals surface area contributed by atoms with Gasteiger partial charge in [-0.05, 0) is 25.8 Å². The van der Waals surface area contributed by atoms with E-state index < -0.39 is 0 Å². The number of hydrogen-bond donors (Lipinski definition) is 1. The number of aromatic nitrogens is 2. The van der Waals surface area contributed by atoms with Crippen molar-refractivity contribution in [3.63, 3.8) is 0 Å². The van der Waals surface area contributed by atoms with E-state index in [1.165, 1.54) is 0 Å². The molecule has 1 amide bonds. The number of nitrogens with zero attached hydrogens (tertiary/aromatic N) is 2. The Morgan fingerprint density at radius 1 is 1.32 bits per heavy atom. The van der Waals surface area contributed by atoms with Crippen LogP contribution in [-0.2, 0) is 16.1 Å². The van der Waals surface area contributed by atoms with Crippen molar-refractivity contribution in [2.75, 3.05) is 13.2 Å². The van der Waals surface area contributed by atoms with Crippen LogP contribution in [0.25, 0.3) is 0 Å². The van der Waals surface area contributed by atoms with Crippen LogP contribution in [0.3, 0.4) is 0 Å². The second kappa shape index (κ2) is 8.18. The summed E-state index contributed by atoms with van der Waals surface area (Å²) in [6.45, 7) is 5.21. The van der Waals surface area contributed by atoms with Gasteiger partial charge < -0.3 is 14.8 Å². The molecule has 2 aromatic rings. The van der Waals surface area contributed by atoms with Crippen LogP contribution in [0.2, 0.25) is 0 Å². The lowest BCUT2D eigenvalue weighted by atomic mass is 10.1. The van der Waals surface area contributed by atoms with Crippen molar-refractivity contribution in [1.29, 1.82) is 0 Å². The highest BCUT2D eigenvalue weighted by Crippen LogP contribution is 2.15. The monoisotopic (exact) mass is 341 g/mol. The predicted molar refractivity (Wildman–Crippen MR) is 93.2 cm³/mol. The molecule has 1 aliphatic rings. The Hall–Kier alpha value is -2.31. The van der Waals surface area contributed by atoms with Gasteiger partial charge in [-0.2, -0.15) is 0 Å². The molecule has 1 aromatic heterocycles. The average Bonchev–Trinajstić information content (AvgIpc) is 2.61. The van der Waals surface area contributed by atoms with Crippen molar-refractivity contribution in [2.24, 2.45) is 0 Å². The van der Waals surface area contributed by atoms with Gasteiger partial charge in [0.25, 0.3) is 5.91 Å². The summed E-state index contributed by atoms with van der Waals surface area (Å²) >= 11 is 0. The second-order valence-electron chi connectivity index (χ2n) is 6.19. The van der Waals surface area contributed by atoms with E-state index in [4.69, 9.17) is 9.47 Å². The van der Waals surface area contributed by atoms with Crippen LogP contribution in [-0.4, -0.2) is 41.2 Å². The molecule has 2 heterocycles. The highest BCUT2D eigenvalue weighted by atomic mass is 16.5. The molecule has 0 radical (unpaired) electrons. The Morgan fingerprint density at radius 3 is 2.88 bits per heavy atom. The number of ether oxygens (including phenoxy) is 2. The third-order valence-corrected chi connectivity index (χ3v) is 4.26. The maximum absolute atomic E-state index is 12.6. The van der Waals surface area contributed by atoms with Gasteiger partial charge in [-0.1, -0.05) is 30.3 Å². The summed E-state index contributed by atoms with van der Waals surface area (Å²) in [6, 6.07) is 9.82. The van der Waals surface area contributed by atoms with E-state index in [0.29, 0.717) is 36.9 Å². The Labute approximate surface area is 147 Å². The van der Waals surface area contributed by atoms with Gasteiger partial charge in [-0.25, -0.2) is 9.97 Å². The lowest BCUT2D eigenvalue weighted by Gasteiger charge is -2.32. The third kappa shape index (κ3) is 4.61. The van der Waals surface area contributed by atoms with Crippen molar-refractivity contribution in [3.8, 4) is 0 Å². The fourth-order valence-electron chi connectivity index (χ4n) is 2.88. The number of hydrogen-bond acceptors (Lipinski definition) is 5. The standard InChI is InChI=1S/C19H23N3O3/c1-13-16(10-20-14(2)21-13)19(23)22-17-12-24-9-8-18(17)25-11-15-6-4-3-5-7-15/h3-7,10,17-18H,8-9,11-12H2,1-2H3,(H,22,23)/t17-,18+/m1/s1. The zero-order valence-corrected chi connectivity index (χ0v) is 14.6. The molecular formula is C19H23N3O3. The number of aryl methyl sites for hydroxylation is 2. The first-order chi connectivity index (χ1) is 12.1. The van der Waals surface area contributed by atoms with Gasteiger partial charge >= 0.3 is 0 Å². The van der Waals surface area contributed by atoms with Gasteiger partial charge in [0.2, 0.25) is 0 Å². The summed E-state index contributed by atoms with van der Waals surface area (Å²) in [5.41, 5.74) is 2.27. The first kappa shape index (κ1) is 17.5. The molecule has 1 aliphatic heterocycles. The van der Waals surface area contributed by atoms with Crippen molar-refractivity contribution < 1.29 is 14.3 Å². The minimum atomic E-state index is -0.193. The molecule has 0 unspecified atom stereocenters. The molecule has 1 N–H and O–H groups in total. The minimum absolute atomic E-state index is 0.0791. The Balaban J connectivity index is 1.63. The number of nitrogens with one attached hydrogen (secondary N) is 1. The van der Waals surface area contributed by atoms with Gasteiger partial charge in [0.05, 0.1) is 36.6 Å². The average molecular weight is 341 g/mol. The van der Waals surface area contributed by atoms with Gasteiger partial charge in [0.1, 0.15) is 5.82 Å². The molecule has 0 bridgehead atoms. The van der Waals surface area contributed by atoms with Crippen molar-refractivity contribution in [3.05, 3.63) is 59.2 Å². The number of carbonyl (C=O) groups is 1. The second-order valence-corrected chi connectivity index (χ2v) is 6.19. The molecule has 6 nitrogen and oxygen atoms in total. The molecule has 0 aliphatic carbocycles. The SMILES string of the molecule is Cc1ncc(C(=O)N[C@@H]2COCC[C@@H]2OCc2ccccc2)c(C)n1. The normalized spacial score (nSPS) is 20.2. The molecule has 6 heteroatoms. The molecule has 132 valence electrons. The summed E-state index contributed by atoms with van der Waals surface area (Å²) in [5.74, 6) is 0.459. The van der Waals surface area contributed by atoms with Crippen LogP contribution >= 0.6 is 0 Å². The zero-order chi connectivity index (χ0) is 17.6. The number of benzene rings is 1. The van der Waals surface area contributed by atoms with Crippen LogP contribution < -0.4 is 5.32 Å². The van der Waals surface area contributed by atoms with E-state index in [1.54, 1.807) is 13.1 Å². The molecule has 1 saturated heterocycles. The minimum Gasteiger partial charge on any atom is -0.379 e. The maximum Gasteiger partial charge on any atom is 0.255 e. The fourth-order valence-corrected chi connectivity index (χ4v) is 2.88. The van der Waals surface area contributed by atoms with E-state index in [1.807, 2.05) is 37.3 Å². The van der Waals surface area contributed by atoms with E-state index in [2.05, 4.69) is 15.3 Å². The van der Waals surface area contributed by atoms with Gasteiger partial charge in [0.15, 0.2) is 0 Å². The van der Waals surface area contributed by atoms with Crippen LogP contribution in [0.4, 0.5) is 0 Å². The third-order valence-electron chi connectivity index (χ3n) is 4.26. The summed E-state index contributed by atoms with van der Waals surface area (Å²) in [5, 5.41) is 3.01. The molecule has 0 spiro atoms. The molecule has 1 fully saturated rings. The topological polar surface area (TPSA) is 73.3 Å². The molecule has 0 saturated carbocycles. The van der Waals surface area contributed by atoms with Crippen molar-refractivity contribution >= 4 is 5.91 Å².